The second-order valence-electron chi connectivity index (χ2n) is 6.91. The topological polar surface area (TPSA) is 66.7 Å². The summed E-state index contributed by atoms with van der Waals surface area (Å²) < 4.78 is 0. The van der Waals surface area contributed by atoms with E-state index in [2.05, 4.69) is 4.90 Å². The molecule has 0 N–H and O–H groups in total. The third-order valence-electron chi connectivity index (χ3n) is 4.98. The van der Waals surface area contributed by atoms with Gasteiger partial charge in [0.2, 0.25) is 5.70 Å². The maximum atomic E-state index is 12.3. The van der Waals surface area contributed by atoms with Crippen LogP contribution in [0.15, 0.2) is 60.3 Å². The summed E-state index contributed by atoms with van der Waals surface area (Å²) in [6.07, 6.45) is 1.09. The molecule has 1 aliphatic rings. The number of carbonyl (C=O) groups is 1. The summed E-state index contributed by atoms with van der Waals surface area (Å²) in [5.41, 5.74) is 2.04. The zero-order chi connectivity index (χ0) is 21.0. The summed E-state index contributed by atoms with van der Waals surface area (Å²) in [6.45, 7) is 3.61. The van der Waals surface area contributed by atoms with Crippen molar-refractivity contribution in [3.8, 4) is 0 Å². The van der Waals surface area contributed by atoms with E-state index >= 15 is 0 Å². The molecule has 0 unspecified atom stereocenters. The Morgan fingerprint density at radius 3 is 1.83 bits per heavy atom. The van der Waals surface area contributed by atoms with Gasteiger partial charge in [-0.25, -0.2) is 0 Å². The van der Waals surface area contributed by atoms with E-state index < -0.39 is 4.92 Å². The van der Waals surface area contributed by atoms with Crippen molar-refractivity contribution in [3.05, 3.63) is 91.6 Å². The standard InChI is InChI=1S/C21H21Cl2N3O3/c1-15(26(28)29)14-20(27)24-10-12-25(13-11-24)21(16-2-6-18(22)7-3-16)17-4-8-19(23)9-5-17/h2-9,14,21H,10-13H2,1H3/b15-14+. The first kappa shape index (κ1) is 21.3. The molecular weight excluding hydrogens is 413 g/mol. The molecule has 6 nitrogen and oxygen atoms in total. The third kappa shape index (κ3) is 5.35. The predicted molar refractivity (Wildman–Crippen MR) is 114 cm³/mol. The lowest BCUT2D eigenvalue weighted by molar-refractivity contribution is -0.424. The molecule has 1 aliphatic heterocycles. The number of hydrogen-bond donors (Lipinski definition) is 0. The molecule has 0 aromatic heterocycles. The Morgan fingerprint density at radius 1 is 0.966 bits per heavy atom. The SMILES string of the molecule is C/C(=C\C(=O)N1CCN(C(c2ccc(Cl)cc2)c2ccc(Cl)cc2)CC1)[N+](=O)[O-]. The minimum absolute atomic E-state index is 0.00200. The zero-order valence-electron chi connectivity index (χ0n) is 15.9. The Hall–Kier alpha value is -2.41. The fourth-order valence-electron chi connectivity index (χ4n) is 3.43. The van der Waals surface area contributed by atoms with Crippen LogP contribution in [-0.4, -0.2) is 46.8 Å². The van der Waals surface area contributed by atoms with Gasteiger partial charge in [-0.15, -0.1) is 0 Å². The summed E-state index contributed by atoms with van der Waals surface area (Å²) in [6, 6.07) is 15.5. The molecule has 2 aromatic carbocycles. The molecular formula is C21H21Cl2N3O3. The van der Waals surface area contributed by atoms with Gasteiger partial charge in [-0.1, -0.05) is 47.5 Å². The Bertz CT molecular complexity index is 860. The average molecular weight is 434 g/mol. The molecule has 0 atom stereocenters. The molecule has 1 saturated heterocycles. The molecule has 8 heteroatoms. The second kappa shape index (κ2) is 9.39. The fraction of sp³-hybridized carbons (Fsp3) is 0.286. The van der Waals surface area contributed by atoms with Gasteiger partial charge < -0.3 is 4.90 Å². The monoisotopic (exact) mass is 433 g/mol. The van der Waals surface area contributed by atoms with Crippen molar-refractivity contribution in [1.29, 1.82) is 0 Å². The van der Waals surface area contributed by atoms with Gasteiger partial charge in [0.05, 0.1) is 17.0 Å². The summed E-state index contributed by atoms with van der Waals surface area (Å²) in [5, 5.41) is 12.1. The van der Waals surface area contributed by atoms with E-state index in [9.17, 15) is 14.9 Å². The van der Waals surface area contributed by atoms with Crippen molar-refractivity contribution in [2.24, 2.45) is 0 Å². The first-order valence-electron chi connectivity index (χ1n) is 9.21. The van der Waals surface area contributed by atoms with Gasteiger partial charge in [0.15, 0.2) is 0 Å². The Morgan fingerprint density at radius 2 is 1.41 bits per heavy atom. The normalized spacial score (nSPS) is 15.6. The smallest absolute Gasteiger partial charge is 0.253 e. The van der Waals surface area contributed by atoms with Gasteiger partial charge >= 0.3 is 0 Å². The maximum absolute atomic E-state index is 12.3. The van der Waals surface area contributed by atoms with E-state index in [0.717, 1.165) is 17.2 Å². The van der Waals surface area contributed by atoms with E-state index in [1.807, 2.05) is 48.5 Å². The summed E-state index contributed by atoms with van der Waals surface area (Å²) >= 11 is 12.1. The number of nitrogens with zero attached hydrogens (tertiary/aromatic N) is 3. The molecule has 0 aliphatic carbocycles. The number of piperazine rings is 1. The van der Waals surface area contributed by atoms with Gasteiger partial charge in [-0.05, 0) is 35.4 Å². The quantitative estimate of drug-likeness (QED) is 0.397. The summed E-state index contributed by atoms with van der Waals surface area (Å²) in [7, 11) is 0. The lowest BCUT2D eigenvalue weighted by Crippen LogP contribution is -2.49. The number of rotatable bonds is 5. The van der Waals surface area contributed by atoms with Crippen LogP contribution in [0.25, 0.3) is 0 Å². The first-order valence-corrected chi connectivity index (χ1v) is 9.97. The first-order chi connectivity index (χ1) is 13.8. The minimum atomic E-state index is -0.550. The third-order valence-corrected chi connectivity index (χ3v) is 5.49. The van der Waals surface area contributed by atoms with Crippen molar-refractivity contribution in [1.82, 2.24) is 9.80 Å². The molecule has 29 heavy (non-hydrogen) atoms. The lowest BCUT2D eigenvalue weighted by atomic mass is 9.96. The molecule has 2 aromatic rings. The number of carbonyl (C=O) groups excluding carboxylic acids is 1. The van der Waals surface area contributed by atoms with Crippen molar-refractivity contribution < 1.29 is 9.72 Å². The van der Waals surface area contributed by atoms with Crippen LogP contribution in [0, 0.1) is 10.1 Å². The lowest BCUT2D eigenvalue weighted by Gasteiger charge is -2.39. The predicted octanol–water partition coefficient (Wildman–Crippen LogP) is 4.41. The maximum Gasteiger partial charge on any atom is 0.253 e. The summed E-state index contributed by atoms with van der Waals surface area (Å²) in [4.78, 5) is 26.4. The van der Waals surface area contributed by atoms with Crippen LogP contribution in [0.3, 0.4) is 0 Å². The number of allylic oxidation sites excluding steroid dienone is 1. The van der Waals surface area contributed by atoms with E-state index in [1.54, 1.807) is 4.90 Å². The highest BCUT2D eigenvalue weighted by Gasteiger charge is 2.28. The summed E-state index contributed by atoms with van der Waals surface area (Å²) in [5.74, 6) is -0.326. The number of amides is 1. The molecule has 0 spiro atoms. The fourth-order valence-corrected chi connectivity index (χ4v) is 3.68. The van der Waals surface area contributed by atoms with Crippen molar-refractivity contribution in [2.75, 3.05) is 26.2 Å². The van der Waals surface area contributed by atoms with Gasteiger partial charge in [0, 0.05) is 43.1 Å². The van der Waals surface area contributed by atoms with Crippen LogP contribution in [0.2, 0.25) is 10.0 Å². The van der Waals surface area contributed by atoms with Gasteiger partial charge in [-0.3, -0.25) is 19.8 Å². The van der Waals surface area contributed by atoms with Gasteiger partial charge in [0.25, 0.3) is 5.91 Å². The van der Waals surface area contributed by atoms with E-state index in [1.165, 1.54) is 6.92 Å². The van der Waals surface area contributed by atoms with Crippen LogP contribution in [0.5, 0.6) is 0 Å². The highest BCUT2D eigenvalue weighted by Crippen LogP contribution is 2.31. The highest BCUT2D eigenvalue weighted by molar-refractivity contribution is 6.30. The minimum Gasteiger partial charge on any atom is -0.336 e. The zero-order valence-corrected chi connectivity index (χ0v) is 17.4. The second-order valence-corrected chi connectivity index (χ2v) is 7.78. The highest BCUT2D eigenvalue weighted by atomic mass is 35.5. The Labute approximate surface area is 179 Å². The van der Waals surface area contributed by atoms with Crippen LogP contribution < -0.4 is 0 Å². The van der Waals surface area contributed by atoms with Crippen LogP contribution in [-0.2, 0) is 4.79 Å². The molecule has 1 amide bonds. The molecule has 152 valence electrons. The Kier molecular flexibility index (Phi) is 6.90. The van der Waals surface area contributed by atoms with E-state index in [0.29, 0.717) is 36.2 Å². The van der Waals surface area contributed by atoms with Crippen molar-refractivity contribution >= 4 is 29.1 Å². The number of nitro groups is 1. The molecule has 0 radical (unpaired) electrons. The number of hydrogen-bond acceptors (Lipinski definition) is 4. The number of halogens is 2. The van der Waals surface area contributed by atoms with Crippen LogP contribution >= 0.6 is 23.2 Å². The van der Waals surface area contributed by atoms with Gasteiger partial charge in [0.1, 0.15) is 0 Å². The van der Waals surface area contributed by atoms with Crippen LogP contribution in [0.1, 0.15) is 24.1 Å². The Balaban J connectivity index is 1.79. The average Bonchev–Trinajstić information content (AvgIpc) is 2.71. The van der Waals surface area contributed by atoms with Gasteiger partial charge in [-0.2, -0.15) is 0 Å². The van der Waals surface area contributed by atoms with Crippen molar-refractivity contribution in [2.45, 2.75) is 13.0 Å². The number of benzene rings is 2. The van der Waals surface area contributed by atoms with E-state index in [4.69, 9.17) is 23.2 Å². The molecule has 1 fully saturated rings. The van der Waals surface area contributed by atoms with Crippen LogP contribution in [0.4, 0.5) is 0 Å². The molecule has 0 saturated carbocycles. The largest absolute Gasteiger partial charge is 0.336 e. The van der Waals surface area contributed by atoms with Crippen molar-refractivity contribution in [3.63, 3.8) is 0 Å². The van der Waals surface area contributed by atoms with E-state index in [-0.39, 0.29) is 17.6 Å². The molecule has 1 heterocycles. The molecule has 0 bridgehead atoms. The molecule has 3 rings (SSSR count).